The third kappa shape index (κ3) is 5.61. The van der Waals surface area contributed by atoms with Crippen molar-refractivity contribution in [1.29, 1.82) is 0 Å². The number of anilines is 6. The molecule has 4 aliphatic heterocycles. The molecule has 1 aliphatic carbocycles. The number of hydrogen-bond donors (Lipinski definition) is 0. The molecule has 21 rings (SSSR count). The highest BCUT2D eigenvalue weighted by Gasteiger charge is 2.52. The summed E-state index contributed by atoms with van der Waals surface area (Å²) >= 11 is 0. The van der Waals surface area contributed by atoms with Crippen LogP contribution in [0, 0.1) is 0 Å². The number of para-hydroxylation sites is 7. The zero-order valence-corrected chi connectivity index (χ0v) is 46.5. The largest absolute Gasteiger partial charge is 0.311 e. The molecule has 7 heteroatoms. The second kappa shape index (κ2) is 16.3. The molecule has 0 saturated heterocycles. The molecular weight excluding hydrogens is 1040 g/mol. The van der Waals surface area contributed by atoms with Crippen molar-refractivity contribution < 1.29 is 4.57 Å². The van der Waals surface area contributed by atoms with Gasteiger partial charge in [0.2, 0.25) is 11.4 Å². The minimum atomic E-state index is 0.00740. The highest BCUT2D eigenvalue weighted by Crippen LogP contribution is 2.60. The summed E-state index contributed by atoms with van der Waals surface area (Å²) in [6.45, 7) is 0.00740. The van der Waals surface area contributed by atoms with Gasteiger partial charge in [-0.1, -0.05) is 170 Å². The number of aromatic nitrogens is 4. The van der Waals surface area contributed by atoms with E-state index < -0.39 is 0 Å². The third-order valence-corrected chi connectivity index (χ3v) is 20.1. The van der Waals surface area contributed by atoms with E-state index in [-0.39, 0.29) is 18.5 Å². The highest BCUT2D eigenvalue weighted by molar-refractivity contribution is 7.00. The molecule has 0 N–H and O–H groups in total. The molecule has 396 valence electrons. The van der Waals surface area contributed by atoms with Crippen molar-refractivity contribution in [3.05, 3.63) is 313 Å². The summed E-state index contributed by atoms with van der Waals surface area (Å²) in [7, 11) is 0. The summed E-state index contributed by atoms with van der Waals surface area (Å²) < 4.78 is 10.1. The van der Waals surface area contributed by atoms with Crippen LogP contribution in [-0.4, -0.2) is 20.4 Å². The van der Waals surface area contributed by atoms with E-state index in [1.807, 2.05) is 0 Å². The summed E-state index contributed by atoms with van der Waals surface area (Å²) in [4.78, 5) is 5.09. The Balaban J connectivity index is 0.789. The number of fused-ring (bicyclic) bond motifs is 22. The Morgan fingerprint density at radius 3 is 1.49 bits per heavy atom. The molecule has 0 spiro atoms. The first-order valence-corrected chi connectivity index (χ1v) is 30.1. The third-order valence-electron chi connectivity index (χ3n) is 20.1. The van der Waals surface area contributed by atoms with E-state index >= 15 is 0 Å². The van der Waals surface area contributed by atoms with Gasteiger partial charge in [-0.25, -0.2) is 0 Å². The van der Waals surface area contributed by atoms with Gasteiger partial charge in [0.05, 0.1) is 50.0 Å². The summed E-state index contributed by atoms with van der Waals surface area (Å²) in [5, 5.41) is 7.60. The topological polar surface area (TPSA) is 25.1 Å². The smallest absolute Gasteiger partial charge is 0.252 e. The first-order valence-electron chi connectivity index (χ1n) is 30.1. The summed E-state index contributed by atoms with van der Waals surface area (Å²) in [5.41, 5.74) is 31.5. The van der Waals surface area contributed by atoms with Gasteiger partial charge < -0.3 is 23.5 Å². The van der Waals surface area contributed by atoms with Gasteiger partial charge in [0.25, 0.3) is 6.71 Å². The Bertz CT molecular complexity index is 5610. The van der Waals surface area contributed by atoms with Crippen LogP contribution in [0.1, 0.15) is 45.3 Å². The average molecular weight is 1090 g/mol. The lowest BCUT2D eigenvalue weighted by atomic mass is 9.34. The molecule has 86 heavy (non-hydrogen) atoms. The Labute approximate surface area is 495 Å². The molecule has 4 aromatic heterocycles. The maximum atomic E-state index is 2.64. The minimum absolute atomic E-state index is 0.00740. The molecule has 5 aliphatic rings. The average Bonchev–Trinajstić information content (AvgIpc) is 1.44. The first kappa shape index (κ1) is 45.4. The zero-order valence-electron chi connectivity index (χ0n) is 46.5. The van der Waals surface area contributed by atoms with Crippen molar-refractivity contribution in [2.75, 3.05) is 9.80 Å². The Hall–Kier alpha value is -11.1. The van der Waals surface area contributed by atoms with Gasteiger partial charge in [-0.3, -0.25) is 0 Å². The SMILES string of the molecule is c1ccc(N2c3cc(-n4c5ccccc5c5ccccc54)ccc3C3c4ccccc4C4c5cc6c(cc5-[n+]5ccc2c3c54)c2ccc3c4c2n6-c2ccccc2B4c2ccc(-n4c5ccccc5c5ccccc54)cc2N3c2ccccc2)cc1. The van der Waals surface area contributed by atoms with Crippen LogP contribution < -0.4 is 30.8 Å². The number of hydrogen-bond acceptors (Lipinski definition) is 2. The van der Waals surface area contributed by atoms with E-state index in [1.54, 1.807) is 0 Å². The van der Waals surface area contributed by atoms with Crippen LogP contribution >= 0.6 is 0 Å². The van der Waals surface area contributed by atoms with E-state index in [1.165, 1.54) is 149 Å². The number of benzene rings is 12. The monoisotopic (exact) mass is 1090 g/mol. The quantitative estimate of drug-likeness (QED) is 0.130. The second-order valence-corrected chi connectivity index (χ2v) is 24.1. The van der Waals surface area contributed by atoms with Crippen molar-refractivity contribution in [2.45, 2.75) is 11.8 Å². The van der Waals surface area contributed by atoms with Gasteiger partial charge in [-0.2, -0.15) is 4.57 Å². The number of pyridine rings is 1. The first-order chi connectivity index (χ1) is 42.7. The van der Waals surface area contributed by atoms with Crippen molar-refractivity contribution >= 4 is 123 Å². The molecule has 2 atom stereocenters. The maximum Gasteiger partial charge on any atom is 0.252 e. The highest BCUT2D eigenvalue weighted by atomic mass is 15.2. The van der Waals surface area contributed by atoms with Gasteiger partial charge in [0, 0.05) is 95.7 Å². The molecule has 0 radical (unpaired) electrons. The maximum absolute atomic E-state index is 2.64. The van der Waals surface area contributed by atoms with Crippen LogP contribution in [0.5, 0.6) is 0 Å². The molecule has 0 fully saturated rings. The molecule has 0 saturated carbocycles. The van der Waals surface area contributed by atoms with Crippen molar-refractivity contribution in [1.82, 2.24) is 13.7 Å². The fraction of sp³-hybridized carbons (Fsp3) is 0.0253. The fourth-order valence-electron chi connectivity index (χ4n) is 16.9. The molecule has 0 bridgehead atoms. The van der Waals surface area contributed by atoms with Crippen molar-refractivity contribution in [2.24, 2.45) is 0 Å². The predicted octanol–water partition coefficient (Wildman–Crippen LogP) is 16.6. The Kier molecular flexibility index (Phi) is 8.63. The van der Waals surface area contributed by atoms with Gasteiger partial charge in [-0.05, 0) is 124 Å². The molecular formula is C79H48BN6+. The van der Waals surface area contributed by atoms with Crippen LogP contribution in [0.3, 0.4) is 0 Å². The van der Waals surface area contributed by atoms with Gasteiger partial charge >= 0.3 is 0 Å². The molecule has 6 nitrogen and oxygen atoms in total. The van der Waals surface area contributed by atoms with E-state index in [0.29, 0.717) is 0 Å². The van der Waals surface area contributed by atoms with Crippen LogP contribution in [-0.2, 0) is 0 Å². The second-order valence-electron chi connectivity index (χ2n) is 24.1. The lowest BCUT2D eigenvalue weighted by molar-refractivity contribution is -0.598. The Morgan fingerprint density at radius 2 is 0.837 bits per heavy atom. The summed E-state index contributed by atoms with van der Waals surface area (Å²) in [5.74, 6) is 0.0400. The van der Waals surface area contributed by atoms with Crippen LogP contribution in [0.15, 0.2) is 279 Å². The molecule has 0 amide bonds. The number of rotatable bonds is 4. The molecule has 16 aromatic rings. The van der Waals surface area contributed by atoms with Crippen LogP contribution in [0.25, 0.3) is 88.2 Å². The van der Waals surface area contributed by atoms with Gasteiger partial charge in [0.15, 0.2) is 6.20 Å². The van der Waals surface area contributed by atoms with Crippen molar-refractivity contribution in [3.63, 3.8) is 0 Å². The summed E-state index contributed by atoms with van der Waals surface area (Å²) in [6.07, 6.45) is 2.38. The van der Waals surface area contributed by atoms with E-state index in [2.05, 4.69) is 307 Å². The molecule has 12 aromatic carbocycles. The fourth-order valence-corrected chi connectivity index (χ4v) is 16.9. The molecule has 2 unspecified atom stereocenters. The summed E-state index contributed by atoms with van der Waals surface area (Å²) in [6, 6.07) is 103. The van der Waals surface area contributed by atoms with Crippen LogP contribution in [0.2, 0.25) is 0 Å². The molecule has 8 heterocycles. The minimum Gasteiger partial charge on any atom is -0.311 e. The lowest BCUT2D eigenvalue weighted by Gasteiger charge is -2.41. The van der Waals surface area contributed by atoms with Gasteiger partial charge in [0.1, 0.15) is 5.92 Å². The van der Waals surface area contributed by atoms with Crippen molar-refractivity contribution in [3.8, 4) is 22.7 Å². The van der Waals surface area contributed by atoms with E-state index in [0.717, 1.165) is 22.7 Å². The standard InChI is InChI=1S/C79H48BN6/c1-3-19-47(20-4-1)82-68-41-42-81-70-45-59-57-38-40-69-77-78(57)86(67-34-18-13-29-61(67)80(77)62-39-36-50(44-73(62)83(69)48-21-5-2-6-22-48)85-65-32-16-11-25-53(65)54-26-12-17-33-66(54)85)72(59)46-60(70)75-56-28-8-7-27-55(56)74(76(68)79(75)81)58-37-35-49(43-71(58)82)84-63-30-14-9-23-51(63)52-24-10-15-31-64(52)84/h1-46,74-75H/q+1. The normalized spacial score (nSPS) is 15.4. The Morgan fingerprint density at radius 1 is 0.302 bits per heavy atom. The zero-order chi connectivity index (χ0) is 55.6. The van der Waals surface area contributed by atoms with E-state index in [9.17, 15) is 0 Å². The van der Waals surface area contributed by atoms with Crippen LogP contribution in [0.4, 0.5) is 34.1 Å². The van der Waals surface area contributed by atoms with E-state index in [4.69, 9.17) is 0 Å². The predicted molar refractivity (Wildman–Crippen MR) is 353 cm³/mol. The number of nitrogens with zero attached hydrogens (tertiary/aromatic N) is 6. The lowest BCUT2D eigenvalue weighted by Crippen LogP contribution is -2.60. The van der Waals surface area contributed by atoms with Gasteiger partial charge in [-0.15, -0.1) is 0 Å².